The van der Waals surface area contributed by atoms with Crippen molar-refractivity contribution in [2.24, 2.45) is 5.73 Å². The zero-order valence-corrected chi connectivity index (χ0v) is 12.0. The van der Waals surface area contributed by atoms with E-state index in [1.54, 1.807) is 13.3 Å². The number of rotatable bonds is 5. The maximum Gasteiger partial charge on any atom is 0.223 e. The molecule has 0 bridgehead atoms. The summed E-state index contributed by atoms with van der Waals surface area (Å²) in [7, 11) is 1.72. The fraction of sp³-hybridized carbons (Fsp3) is 0.600. The Bertz CT molecular complexity index is 424. The highest BCUT2D eigenvalue weighted by Crippen LogP contribution is 2.20. The van der Waals surface area contributed by atoms with E-state index in [0.29, 0.717) is 19.4 Å². The van der Waals surface area contributed by atoms with Gasteiger partial charge in [0, 0.05) is 44.6 Å². The van der Waals surface area contributed by atoms with E-state index in [-0.39, 0.29) is 18.1 Å². The molecule has 5 heteroatoms. The van der Waals surface area contributed by atoms with Gasteiger partial charge in [-0.3, -0.25) is 9.78 Å². The van der Waals surface area contributed by atoms with Crippen molar-refractivity contribution in [3.63, 3.8) is 0 Å². The number of hydrogen-bond donors (Lipinski definition) is 1. The van der Waals surface area contributed by atoms with Gasteiger partial charge < -0.3 is 15.4 Å². The first-order valence-electron chi connectivity index (χ1n) is 7.16. The molecule has 2 rings (SSSR count). The van der Waals surface area contributed by atoms with E-state index < -0.39 is 0 Å². The van der Waals surface area contributed by atoms with Gasteiger partial charge in [0.1, 0.15) is 0 Å². The van der Waals surface area contributed by atoms with Crippen molar-refractivity contribution in [3.05, 3.63) is 30.1 Å². The smallest absolute Gasteiger partial charge is 0.223 e. The van der Waals surface area contributed by atoms with Crippen LogP contribution < -0.4 is 5.73 Å². The maximum absolute atomic E-state index is 12.3. The van der Waals surface area contributed by atoms with Gasteiger partial charge in [-0.05, 0) is 31.4 Å². The predicted octanol–water partition coefficient (Wildman–Crippen LogP) is 0.979. The number of aromatic nitrogens is 1. The average Bonchev–Trinajstić information content (AvgIpc) is 2.52. The van der Waals surface area contributed by atoms with Crippen molar-refractivity contribution in [1.29, 1.82) is 0 Å². The molecule has 0 spiro atoms. The summed E-state index contributed by atoms with van der Waals surface area (Å²) in [5, 5.41) is 0. The van der Waals surface area contributed by atoms with Crippen molar-refractivity contribution >= 4 is 5.91 Å². The van der Waals surface area contributed by atoms with Crippen LogP contribution in [0, 0.1) is 0 Å². The molecule has 1 aromatic heterocycles. The molecule has 1 fully saturated rings. The van der Waals surface area contributed by atoms with E-state index in [9.17, 15) is 4.79 Å². The lowest BCUT2D eigenvalue weighted by atomic mass is 9.98. The van der Waals surface area contributed by atoms with Gasteiger partial charge in [0.2, 0.25) is 5.91 Å². The van der Waals surface area contributed by atoms with E-state index in [0.717, 1.165) is 25.1 Å². The van der Waals surface area contributed by atoms with Crippen molar-refractivity contribution in [2.75, 3.05) is 20.2 Å². The van der Waals surface area contributed by atoms with Crippen molar-refractivity contribution < 1.29 is 9.53 Å². The van der Waals surface area contributed by atoms with E-state index in [1.165, 1.54) is 0 Å². The topological polar surface area (TPSA) is 68.5 Å². The molecule has 0 radical (unpaired) electrons. The molecule has 2 unspecified atom stereocenters. The quantitative estimate of drug-likeness (QED) is 0.871. The highest BCUT2D eigenvalue weighted by molar-refractivity contribution is 5.77. The summed E-state index contributed by atoms with van der Waals surface area (Å²) in [6.45, 7) is 1.23. The summed E-state index contributed by atoms with van der Waals surface area (Å²) < 4.78 is 5.38. The Balaban J connectivity index is 1.88. The molecule has 2 heterocycles. The number of hydrogen-bond acceptors (Lipinski definition) is 4. The molecule has 1 aliphatic heterocycles. The Morgan fingerprint density at radius 1 is 1.55 bits per heavy atom. The number of amides is 1. The normalized spacial score (nSPS) is 22.8. The number of methoxy groups -OCH3 is 1. The first-order valence-corrected chi connectivity index (χ1v) is 7.16. The molecule has 0 saturated carbocycles. The fourth-order valence-electron chi connectivity index (χ4n) is 2.70. The van der Waals surface area contributed by atoms with Crippen LogP contribution >= 0.6 is 0 Å². The highest BCUT2D eigenvalue weighted by atomic mass is 16.5. The van der Waals surface area contributed by atoms with Gasteiger partial charge in [-0.1, -0.05) is 6.07 Å². The number of likely N-dealkylation sites (tertiary alicyclic amines) is 1. The van der Waals surface area contributed by atoms with Crippen LogP contribution in [0.25, 0.3) is 0 Å². The van der Waals surface area contributed by atoms with Crippen LogP contribution in [0.3, 0.4) is 0 Å². The number of pyridine rings is 1. The minimum absolute atomic E-state index is 0.102. The maximum atomic E-state index is 12.3. The lowest BCUT2D eigenvalue weighted by Crippen LogP contribution is -2.51. The van der Waals surface area contributed by atoms with Crippen LogP contribution in [-0.4, -0.2) is 48.1 Å². The highest BCUT2D eigenvalue weighted by Gasteiger charge is 2.30. The third-order valence-corrected chi connectivity index (χ3v) is 3.91. The summed E-state index contributed by atoms with van der Waals surface area (Å²) >= 11 is 0. The Kier molecular flexibility index (Phi) is 5.49. The molecule has 0 aliphatic carbocycles. The van der Waals surface area contributed by atoms with Crippen LogP contribution in [-0.2, 0) is 16.0 Å². The predicted molar refractivity (Wildman–Crippen MR) is 77.1 cm³/mol. The largest absolute Gasteiger partial charge is 0.381 e. The van der Waals surface area contributed by atoms with Gasteiger partial charge in [0.05, 0.1) is 6.10 Å². The number of ether oxygens (including phenoxy) is 1. The summed E-state index contributed by atoms with van der Waals surface area (Å²) in [5.41, 5.74) is 6.75. The monoisotopic (exact) mass is 277 g/mol. The van der Waals surface area contributed by atoms with Crippen LogP contribution in [0.4, 0.5) is 0 Å². The lowest BCUT2D eigenvalue weighted by molar-refractivity contribution is -0.136. The molecular weight excluding hydrogens is 254 g/mol. The Labute approximate surface area is 120 Å². The number of aryl methyl sites for hydroxylation is 1. The number of carbonyl (C=O) groups excluding carboxylic acids is 1. The Morgan fingerprint density at radius 2 is 2.40 bits per heavy atom. The molecule has 1 aliphatic rings. The Morgan fingerprint density at radius 3 is 3.05 bits per heavy atom. The van der Waals surface area contributed by atoms with E-state index in [4.69, 9.17) is 10.5 Å². The third kappa shape index (κ3) is 3.77. The first kappa shape index (κ1) is 14.9. The van der Waals surface area contributed by atoms with Gasteiger partial charge in [-0.15, -0.1) is 0 Å². The summed E-state index contributed by atoms with van der Waals surface area (Å²) in [4.78, 5) is 18.5. The van der Waals surface area contributed by atoms with Crippen LogP contribution in [0.2, 0.25) is 0 Å². The van der Waals surface area contributed by atoms with Gasteiger partial charge in [0.15, 0.2) is 0 Å². The van der Waals surface area contributed by atoms with Crippen molar-refractivity contribution in [1.82, 2.24) is 9.88 Å². The van der Waals surface area contributed by atoms with Crippen molar-refractivity contribution in [2.45, 2.75) is 37.8 Å². The van der Waals surface area contributed by atoms with Gasteiger partial charge in [0.25, 0.3) is 0 Å². The summed E-state index contributed by atoms with van der Waals surface area (Å²) in [6.07, 6.45) is 4.88. The zero-order valence-electron chi connectivity index (χ0n) is 12.0. The number of nitrogens with two attached hydrogens (primary N) is 1. The fourth-order valence-corrected chi connectivity index (χ4v) is 2.70. The van der Waals surface area contributed by atoms with Gasteiger partial charge >= 0.3 is 0 Å². The lowest BCUT2D eigenvalue weighted by Gasteiger charge is -2.38. The standard InChI is InChI=1S/C15H23N3O2/c1-20-14-7-9-18(13(10-14)11-16)15(19)6-5-12-4-2-3-8-17-12/h2-4,8,13-14H,5-7,9-11,16H2,1H3. The third-order valence-electron chi connectivity index (χ3n) is 3.91. The average molecular weight is 277 g/mol. The van der Waals surface area contributed by atoms with Crippen LogP contribution in [0.15, 0.2) is 24.4 Å². The second kappa shape index (κ2) is 7.36. The molecule has 2 N–H and O–H groups in total. The SMILES string of the molecule is COC1CCN(C(=O)CCc2ccccn2)C(CN)C1. The van der Waals surface area contributed by atoms with Gasteiger partial charge in [-0.25, -0.2) is 0 Å². The molecule has 1 saturated heterocycles. The molecule has 20 heavy (non-hydrogen) atoms. The summed E-state index contributed by atoms with van der Waals surface area (Å²) in [6, 6.07) is 5.88. The molecular formula is C15H23N3O2. The molecule has 1 aromatic rings. The summed E-state index contributed by atoms with van der Waals surface area (Å²) in [5.74, 6) is 0.167. The van der Waals surface area contributed by atoms with Crippen LogP contribution in [0.5, 0.6) is 0 Å². The molecule has 1 amide bonds. The van der Waals surface area contributed by atoms with Crippen molar-refractivity contribution in [3.8, 4) is 0 Å². The second-order valence-corrected chi connectivity index (χ2v) is 5.18. The zero-order chi connectivity index (χ0) is 14.4. The minimum atomic E-state index is 0.102. The number of piperidine rings is 1. The first-order chi connectivity index (χ1) is 9.74. The van der Waals surface area contributed by atoms with E-state index >= 15 is 0 Å². The molecule has 5 nitrogen and oxygen atoms in total. The number of carbonyl (C=O) groups is 1. The van der Waals surface area contributed by atoms with E-state index in [2.05, 4.69) is 4.98 Å². The Hall–Kier alpha value is -1.46. The van der Waals surface area contributed by atoms with Crippen LogP contribution in [0.1, 0.15) is 25.0 Å². The molecule has 2 atom stereocenters. The number of nitrogens with zero attached hydrogens (tertiary/aromatic N) is 2. The van der Waals surface area contributed by atoms with Gasteiger partial charge in [-0.2, -0.15) is 0 Å². The molecule has 110 valence electrons. The minimum Gasteiger partial charge on any atom is -0.381 e. The second-order valence-electron chi connectivity index (χ2n) is 5.18. The molecule has 0 aromatic carbocycles. The van der Waals surface area contributed by atoms with E-state index in [1.807, 2.05) is 23.1 Å².